The number of carbonyl (C=O) groups is 1. The van der Waals surface area contributed by atoms with E-state index in [4.69, 9.17) is 5.73 Å². The third kappa shape index (κ3) is 2.79. The van der Waals surface area contributed by atoms with Gasteiger partial charge in [0.15, 0.2) is 5.82 Å². The number of hydrogen-bond acceptors (Lipinski definition) is 2. The summed E-state index contributed by atoms with van der Waals surface area (Å²) in [6.45, 7) is 0. The Balaban J connectivity index is 3.26. The molecule has 0 saturated heterocycles. The Morgan fingerprint density at radius 2 is 2.13 bits per heavy atom. The summed E-state index contributed by atoms with van der Waals surface area (Å²) >= 11 is 5.85. The van der Waals surface area contributed by atoms with Gasteiger partial charge in [-0.05, 0) is 44.0 Å². The van der Waals surface area contributed by atoms with E-state index in [0.717, 1.165) is 6.08 Å². The van der Waals surface area contributed by atoms with Crippen molar-refractivity contribution < 1.29 is 14.3 Å². The molecular weight excluding hydrogens is 333 g/mol. The zero-order valence-electron chi connectivity index (χ0n) is 7.30. The van der Waals surface area contributed by atoms with E-state index < -0.39 is 11.7 Å². The Bertz CT molecular complexity index is 446. The first kappa shape index (κ1) is 12.2. The van der Waals surface area contributed by atoms with Crippen molar-refractivity contribution in [2.24, 2.45) is 5.73 Å². The molecule has 0 bridgehead atoms. The van der Waals surface area contributed by atoms with Gasteiger partial charge in [0.2, 0.25) is 5.91 Å². The Kier molecular flexibility index (Phi) is 3.87. The fraction of sp³-hybridized carbons (Fsp3) is 0. The fourth-order valence-corrected chi connectivity index (χ4v) is 2.06. The first-order valence-electron chi connectivity index (χ1n) is 3.77. The summed E-state index contributed by atoms with van der Waals surface area (Å²) in [4.78, 5) is 10.5. The van der Waals surface area contributed by atoms with Gasteiger partial charge in [-0.15, -0.1) is 0 Å². The molecule has 6 heteroatoms. The quantitative estimate of drug-likeness (QED) is 0.643. The number of aromatic hydroxyl groups is 1. The average Bonchev–Trinajstić information content (AvgIpc) is 2.18. The van der Waals surface area contributed by atoms with Gasteiger partial charge >= 0.3 is 0 Å². The molecule has 0 aliphatic rings. The SMILES string of the molecule is NC(=O)/C=C/c1cc(Br)c(F)c(Br)c1O. The van der Waals surface area contributed by atoms with Crippen molar-refractivity contribution in [1.29, 1.82) is 0 Å². The smallest absolute Gasteiger partial charge is 0.241 e. The highest BCUT2D eigenvalue weighted by molar-refractivity contribution is 9.11. The first-order chi connectivity index (χ1) is 6.93. The number of carbonyl (C=O) groups excluding carboxylic acids is 1. The van der Waals surface area contributed by atoms with Crippen molar-refractivity contribution in [2.75, 3.05) is 0 Å². The molecule has 80 valence electrons. The number of hydrogen-bond donors (Lipinski definition) is 2. The van der Waals surface area contributed by atoms with Crippen LogP contribution in [0.15, 0.2) is 21.1 Å². The van der Waals surface area contributed by atoms with Crippen LogP contribution in [0, 0.1) is 5.82 Å². The van der Waals surface area contributed by atoms with E-state index in [1.165, 1.54) is 12.1 Å². The van der Waals surface area contributed by atoms with Crippen LogP contribution in [0.3, 0.4) is 0 Å². The molecule has 0 aromatic heterocycles. The highest BCUT2D eigenvalue weighted by Gasteiger charge is 2.12. The minimum Gasteiger partial charge on any atom is -0.506 e. The van der Waals surface area contributed by atoms with Gasteiger partial charge in [0.05, 0.1) is 8.95 Å². The van der Waals surface area contributed by atoms with E-state index in [0.29, 0.717) is 0 Å². The topological polar surface area (TPSA) is 63.3 Å². The standard InChI is InChI=1S/C9H6Br2FNO2/c10-5-3-4(1-2-6(13)14)9(15)7(11)8(5)12/h1-3,15H,(H2,13,14)/b2-1+. The van der Waals surface area contributed by atoms with E-state index in [1.807, 2.05) is 0 Å². The molecule has 15 heavy (non-hydrogen) atoms. The van der Waals surface area contributed by atoms with Gasteiger partial charge in [-0.2, -0.15) is 0 Å². The molecule has 0 saturated carbocycles. The van der Waals surface area contributed by atoms with Gasteiger partial charge in [-0.25, -0.2) is 4.39 Å². The van der Waals surface area contributed by atoms with Gasteiger partial charge < -0.3 is 10.8 Å². The molecule has 0 atom stereocenters. The van der Waals surface area contributed by atoms with Crippen molar-refractivity contribution in [2.45, 2.75) is 0 Å². The molecule has 1 aromatic rings. The minimum atomic E-state index is -0.647. The van der Waals surface area contributed by atoms with Crippen LogP contribution >= 0.6 is 31.9 Å². The lowest BCUT2D eigenvalue weighted by Crippen LogP contribution is -2.05. The lowest BCUT2D eigenvalue weighted by molar-refractivity contribution is -0.113. The van der Waals surface area contributed by atoms with E-state index in [1.54, 1.807) is 0 Å². The third-order valence-corrected chi connectivity index (χ3v) is 2.89. The highest BCUT2D eigenvalue weighted by atomic mass is 79.9. The number of rotatable bonds is 2. The van der Waals surface area contributed by atoms with Gasteiger partial charge in [0, 0.05) is 11.6 Å². The molecule has 0 fully saturated rings. The maximum Gasteiger partial charge on any atom is 0.241 e. The molecule has 0 radical (unpaired) electrons. The van der Waals surface area contributed by atoms with Crippen molar-refractivity contribution in [3.8, 4) is 5.75 Å². The molecule has 0 unspecified atom stereocenters. The maximum absolute atomic E-state index is 13.2. The number of phenols is 1. The van der Waals surface area contributed by atoms with Crippen LogP contribution in [-0.2, 0) is 4.79 Å². The minimum absolute atomic E-state index is 0.0685. The van der Waals surface area contributed by atoms with Crippen LogP contribution in [0.4, 0.5) is 4.39 Å². The molecule has 3 nitrogen and oxygen atoms in total. The van der Waals surface area contributed by atoms with Crippen LogP contribution < -0.4 is 5.73 Å². The molecule has 0 aliphatic heterocycles. The maximum atomic E-state index is 13.2. The monoisotopic (exact) mass is 337 g/mol. The Morgan fingerprint density at radius 1 is 1.53 bits per heavy atom. The summed E-state index contributed by atoms with van der Waals surface area (Å²) < 4.78 is 13.3. The summed E-state index contributed by atoms with van der Waals surface area (Å²) in [6.07, 6.45) is 2.37. The Morgan fingerprint density at radius 3 is 2.67 bits per heavy atom. The van der Waals surface area contributed by atoms with Gasteiger partial charge in [0.1, 0.15) is 5.75 Å². The molecule has 0 heterocycles. The zero-order valence-corrected chi connectivity index (χ0v) is 10.5. The van der Waals surface area contributed by atoms with Crippen LogP contribution in [0.25, 0.3) is 6.08 Å². The normalized spacial score (nSPS) is 10.9. The van der Waals surface area contributed by atoms with Gasteiger partial charge in [0.25, 0.3) is 0 Å². The largest absolute Gasteiger partial charge is 0.506 e. The molecule has 0 aliphatic carbocycles. The molecule has 1 aromatic carbocycles. The summed E-state index contributed by atoms with van der Waals surface area (Å²) in [6, 6.07) is 1.34. The van der Waals surface area contributed by atoms with E-state index >= 15 is 0 Å². The van der Waals surface area contributed by atoms with Crippen molar-refractivity contribution in [1.82, 2.24) is 0 Å². The lowest BCUT2D eigenvalue weighted by Gasteiger charge is -2.04. The predicted octanol–water partition coefficient (Wildman–Crippen LogP) is 2.55. The number of primary amides is 1. The van der Waals surface area contributed by atoms with Gasteiger partial charge in [-0.3, -0.25) is 4.79 Å². The van der Waals surface area contributed by atoms with Crippen molar-refractivity contribution in [3.05, 3.63) is 32.5 Å². The van der Waals surface area contributed by atoms with E-state index in [2.05, 4.69) is 31.9 Å². The second-order valence-electron chi connectivity index (χ2n) is 2.66. The highest BCUT2D eigenvalue weighted by Crippen LogP contribution is 2.35. The zero-order chi connectivity index (χ0) is 11.6. The molecule has 0 spiro atoms. The van der Waals surface area contributed by atoms with Crippen LogP contribution in [0.5, 0.6) is 5.75 Å². The third-order valence-electron chi connectivity index (χ3n) is 1.59. The van der Waals surface area contributed by atoms with Crippen LogP contribution in [0.2, 0.25) is 0 Å². The number of benzene rings is 1. The second-order valence-corrected chi connectivity index (χ2v) is 4.31. The molecule has 1 amide bonds. The summed E-state index contributed by atoms with van der Waals surface area (Å²) in [5.74, 6) is -1.54. The summed E-state index contributed by atoms with van der Waals surface area (Å²) in [5, 5.41) is 9.50. The summed E-state index contributed by atoms with van der Waals surface area (Å²) in [5.41, 5.74) is 5.18. The molecular formula is C9H6Br2FNO2. The van der Waals surface area contributed by atoms with Crippen LogP contribution in [-0.4, -0.2) is 11.0 Å². The predicted molar refractivity (Wildman–Crippen MR) is 61.7 cm³/mol. The summed E-state index contributed by atoms with van der Waals surface area (Å²) in [7, 11) is 0. The lowest BCUT2D eigenvalue weighted by atomic mass is 10.2. The number of halogens is 3. The second kappa shape index (κ2) is 4.76. The first-order valence-corrected chi connectivity index (χ1v) is 5.36. The molecule has 1 rings (SSSR count). The fourth-order valence-electron chi connectivity index (χ4n) is 0.903. The average molecular weight is 339 g/mol. The molecule has 3 N–H and O–H groups in total. The van der Waals surface area contributed by atoms with Crippen molar-refractivity contribution in [3.63, 3.8) is 0 Å². The van der Waals surface area contributed by atoms with E-state index in [9.17, 15) is 14.3 Å². The number of amides is 1. The van der Waals surface area contributed by atoms with Gasteiger partial charge in [-0.1, -0.05) is 0 Å². The van der Waals surface area contributed by atoms with E-state index in [-0.39, 0.29) is 20.3 Å². The van der Waals surface area contributed by atoms with Crippen molar-refractivity contribution >= 4 is 43.8 Å². The Labute approximate surface area is 102 Å². The van der Waals surface area contributed by atoms with Crippen LogP contribution in [0.1, 0.15) is 5.56 Å². The number of phenolic OH excluding ortho intramolecular Hbond substituents is 1. The number of nitrogens with two attached hydrogens (primary N) is 1. The Hall–Kier alpha value is -0.880.